The first kappa shape index (κ1) is 12.0. The third-order valence-electron chi connectivity index (χ3n) is 2.32. The fourth-order valence-electron chi connectivity index (χ4n) is 1.59. The lowest BCUT2D eigenvalue weighted by Crippen LogP contribution is -2.03. The standard InChI is InChI=1S/C12H11BrO4/c1-3-16-12(14)9-6-17-11-8(9)4-7(13)5-10(11)15-2/h4-6H,3H2,1-2H3. The molecule has 0 amide bonds. The van der Waals surface area contributed by atoms with Gasteiger partial charge in [0.15, 0.2) is 11.3 Å². The molecule has 0 saturated carbocycles. The Bertz CT molecular complexity index is 559. The average molecular weight is 299 g/mol. The lowest BCUT2D eigenvalue weighted by atomic mass is 10.1. The van der Waals surface area contributed by atoms with Gasteiger partial charge in [0.1, 0.15) is 11.8 Å². The molecule has 0 fully saturated rings. The molecule has 1 heterocycles. The Morgan fingerprint density at radius 2 is 2.24 bits per heavy atom. The van der Waals surface area contributed by atoms with Gasteiger partial charge in [-0.2, -0.15) is 0 Å². The molecule has 0 atom stereocenters. The molecule has 5 heteroatoms. The highest BCUT2D eigenvalue weighted by molar-refractivity contribution is 9.10. The molecule has 1 aromatic heterocycles. The molecule has 17 heavy (non-hydrogen) atoms. The molecule has 90 valence electrons. The smallest absolute Gasteiger partial charge is 0.342 e. The molecule has 0 unspecified atom stereocenters. The Labute approximate surface area is 107 Å². The first-order valence-corrected chi connectivity index (χ1v) is 5.88. The number of hydrogen-bond acceptors (Lipinski definition) is 4. The minimum absolute atomic E-state index is 0.330. The Kier molecular flexibility index (Phi) is 3.38. The highest BCUT2D eigenvalue weighted by Gasteiger charge is 2.18. The Morgan fingerprint density at radius 1 is 1.47 bits per heavy atom. The predicted molar refractivity (Wildman–Crippen MR) is 66.4 cm³/mol. The van der Waals surface area contributed by atoms with Gasteiger partial charge in [-0.3, -0.25) is 0 Å². The van der Waals surface area contributed by atoms with Crippen molar-refractivity contribution in [1.29, 1.82) is 0 Å². The predicted octanol–water partition coefficient (Wildman–Crippen LogP) is 3.38. The van der Waals surface area contributed by atoms with Crippen LogP contribution in [0.4, 0.5) is 0 Å². The first-order valence-electron chi connectivity index (χ1n) is 5.09. The van der Waals surface area contributed by atoms with E-state index in [2.05, 4.69) is 15.9 Å². The molecule has 0 saturated heterocycles. The molecule has 4 nitrogen and oxygen atoms in total. The second-order valence-electron chi connectivity index (χ2n) is 3.35. The Morgan fingerprint density at radius 3 is 2.88 bits per heavy atom. The highest BCUT2D eigenvalue weighted by Crippen LogP contribution is 2.33. The lowest BCUT2D eigenvalue weighted by Gasteiger charge is -2.02. The van der Waals surface area contributed by atoms with E-state index in [-0.39, 0.29) is 0 Å². The molecule has 2 aromatic rings. The van der Waals surface area contributed by atoms with E-state index < -0.39 is 5.97 Å². The molecule has 0 N–H and O–H groups in total. The molecular weight excluding hydrogens is 288 g/mol. The maximum atomic E-state index is 11.7. The van der Waals surface area contributed by atoms with Gasteiger partial charge >= 0.3 is 5.97 Å². The molecule has 0 aliphatic carbocycles. The third kappa shape index (κ3) is 2.15. The zero-order chi connectivity index (χ0) is 12.4. The van der Waals surface area contributed by atoms with Crippen molar-refractivity contribution in [1.82, 2.24) is 0 Å². The summed E-state index contributed by atoms with van der Waals surface area (Å²) in [5.74, 6) is 0.177. The maximum absolute atomic E-state index is 11.7. The number of fused-ring (bicyclic) bond motifs is 1. The molecule has 0 radical (unpaired) electrons. The monoisotopic (exact) mass is 298 g/mol. The largest absolute Gasteiger partial charge is 0.493 e. The fraction of sp³-hybridized carbons (Fsp3) is 0.250. The summed E-state index contributed by atoms with van der Waals surface area (Å²) < 4.78 is 16.3. The number of esters is 1. The molecule has 0 spiro atoms. The molecule has 0 aliphatic rings. The van der Waals surface area contributed by atoms with Crippen molar-refractivity contribution in [2.75, 3.05) is 13.7 Å². The number of ether oxygens (including phenoxy) is 2. The summed E-state index contributed by atoms with van der Waals surface area (Å²) in [6, 6.07) is 3.58. The molecule has 2 rings (SSSR count). The van der Waals surface area contributed by atoms with Crippen molar-refractivity contribution >= 4 is 32.9 Å². The van der Waals surface area contributed by atoms with Crippen molar-refractivity contribution < 1.29 is 18.7 Å². The molecule has 0 aliphatic heterocycles. The fourth-order valence-corrected chi connectivity index (χ4v) is 2.03. The third-order valence-corrected chi connectivity index (χ3v) is 2.78. The number of furan rings is 1. The summed E-state index contributed by atoms with van der Waals surface area (Å²) in [4.78, 5) is 11.7. The SMILES string of the molecule is CCOC(=O)c1coc2c(OC)cc(Br)cc12. The van der Waals surface area contributed by atoms with Crippen LogP contribution in [0.25, 0.3) is 11.0 Å². The van der Waals surface area contributed by atoms with E-state index in [0.29, 0.717) is 28.9 Å². The van der Waals surface area contributed by atoms with Crippen LogP contribution in [-0.4, -0.2) is 19.7 Å². The summed E-state index contributed by atoms with van der Waals surface area (Å²) in [5.41, 5.74) is 0.945. The van der Waals surface area contributed by atoms with Gasteiger partial charge in [0.25, 0.3) is 0 Å². The number of methoxy groups -OCH3 is 1. The molecule has 1 aromatic carbocycles. The maximum Gasteiger partial charge on any atom is 0.342 e. The van der Waals surface area contributed by atoms with Crippen molar-refractivity contribution in [3.05, 3.63) is 28.4 Å². The minimum atomic E-state index is -0.397. The van der Waals surface area contributed by atoms with Gasteiger partial charge in [-0.1, -0.05) is 15.9 Å². The van der Waals surface area contributed by atoms with E-state index in [1.54, 1.807) is 26.2 Å². The number of carbonyl (C=O) groups is 1. The van der Waals surface area contributed by atoms with Gasteiger partial charge in [0.2, 0.25) is 0 Å². The number of halogens is 1. The first-order chi connectivity index (χ1) is 8.17. The van der Waals surface area contributed by atoms with E-state index in [4.69, 9.17) is 13.9 Å². The summed E-state index contributed by atoms with van der Waals surface area (Å²) >= 11 is 3.36. The number of rotatable bonds is 3. The van der Waals surface area contributed by atoms with E-state index >= 15 is 0 Å². The summed E-state index contributed by atoms with van der Waals surface area (Å²) in [5, 5.41) is 0.676. The number of carbonyl (C=O) groups excluding carboxylic acids is 1. The second kappa shape index (κ2) is 4.79. The number of hydrogen-bond donors (Lipinski definition) is 0. The molecule has 0 bridgehead atoms. The van der Waals surface area contributed by atoms with E-state index in [9.17, 15) is 4.79 Å². The van der Waals surface area contributed by atoms with Gasteiger partial charge in [-0.05, 0) is 19.1 Å². The van der Waals surface area contributed by atoms with E-state index in [1.807, 2.05) is 0 Å². The Balaban J connectivity index is 2.60. The summed E-state index contributed by atoms with van der Waals surface area (Å²) in [7, 11) is 1.55. The van der Waals surface area contributed by atoms with Crippen molar-refractivity contribution in [3.8, 4) is 5.75 Å². The summed E-state index contributed by atoms with van der Waals surface area (Å²) in [6.07, 6.45) is 1.39. The van der Waals surface area contributed by atoms with Crippen molar-refractivity contribution in [2.24, 2.45) is 0 Å². The van der Waals surface area contributed by atoms with Gasteiger partial charge in [0.05, 0.1) is 13.7 Å². The van der Waals surface area contributed by atoms with Crippen molar-refractivity contribution in [3.63, 3.8) is 0 Å². The summed E-state index contributed by atoms with van der Waals surface area (Å²) in [6.45, 7) is 2.09. The Hall–Kier alpha value is -1.49. The van der Waals surface area contributed by atoms with E-state index in [0.717, 1.165) is 4.47 Å². The van der Waals surface area contributed by atoms with Crippen LogP contribution >= 0.6 is 15.9 Å². The lowest BCUT2D eigenvalue weighted by molar-refractivity contribution is 0.0527. The van der Waals surface area contributed by atoms with Crippen LogP contribution < -0.4 is 4.74 Å². The van der Waals surface area contributed by atoms with E-state index in [1.165, 1.54) is 6.26 Å². The minimum Gasteiger partial charge on any atom is -0.493 e. The normalized spacial score (nSPS) is 10.5. The topological polar surface area (TPSA) is 48.7 Å². The number of benzene rings is 1. The van der Waals surface area contributed by atoms with Crippen LogP contribution in [0, 0.1) is 0 Å². The zero-order valence-electron chi connectivity index (χ0n) is 9.45. The van der Waals surface area contributed by atoms with Gasteiger partial charge < -0.3 is 13.9 Å². The second-order valence-corrected chi connectivity index (χ2v) is 4.27. The van der Waals surface area contributed by atoms with Crippen LogP contribution in [0.5, 0.6) is 5.75 Å². The zero-order valence-corrected chi connectivity index (χ0v) is 11.0. The van der Waals surface area contributed by atoms with Crippen LogP contribution in [0.1, 0.15) is 17.3 Å². The van der Waals surface area contributed by atoms with Crippen LogP contribution in [0.3, 0.4) is 0 Å². The molecular formula is C12H11BrO4. The average Bonchev–Trinajstić information content (AvgIpc) is 2.71. The highest BCUT2D eigenvalue weighted by atomic mass is 79.9. The van der Waals surface area contributed by atoms with Gasteiger partial charge in [0, 0.05) is 9.86 Å². The van der Waals surface area contributed by atoms with Gasteiger partial charge in [-0.25, -0.2) is 4.79 Å². The van der Waals surface area contributed by atoms with Gasteiger partial charge in [-0.15, -0.1) is 0 Å². The van der Waals surface area contributed by atoms with Crippen LogP contribution in [-0.2, 0) is 4.74 Å². The van der Waals surface area contributed by atoms with Crippen molar-refractivity contribution in [2.45, 2.75) is 6.92 Å². The van der Waals surface area contributed by atoms with Crippen LogP contribution in [0.2, 0.25) is 0 Å². The quantitative estimate of drug-likeness (QED) is 0.815. The van der Waals surface area contributed by atoms with Crippen LogP contribution in [0.15, 0.2) is 27.3 Å².